The molecule has 0 aliphatic carbocycles. The first-order chi connectivity index (χ1) is 14.0. The predicted molar refractivity (Wildman–Crippen MR) is 111 cm³/mol. The van der Waals surface area contributed by atoms with Gasteiger partial charge in [0.25, 0.3) is 0 Å². The van der Waals surface area contributed by atoms with Gasteiger partial charge in [0.2, 0.25) is 12.0 Å². The van der Waals surface area contributed by atoms with Gasteiger partial charge in [-0.15, -0.1) is 0 Å². The van der Waals surface area contributed by atoms with Gasteiger partial charge < -0.3 is 19.0 Å². The van der Waals surface area contributed by atoms with Crippen LogP contribution in [0.3, 0.4) is 0 Å². The monoisotopic (exact) mass is 453 g/mol. The molecule has 0 bridgehead atoms. The molecular formula is C22H16BrNO5. The van der Waals surface area contributed by atoms with Crippen LogP contribution in [0.25, 0.3) is 22.6 Å². The zero-order chi connectivity index (χ0) is 20.4. The molecule has 3 aromatic carbocycles. The third-order valence-electron chi connectivity index (χ3n) is 4.33. The summed E-state index contributed by atoms with van der Waals surface area (Å²) in [7, 11) is 1.52. The van der Waals surface area contributed by atoms with Crippen LogP contribution in [0.5, 0.6) is 11.5 Å². The number of carboxylic acid groups (broad SMARTS) is 1. The van der Waals surface area contributed by atoms with E-state index in [0.29, 0.717) is 39.6 Å². The van der Waals surface area contributed by atoms with Crippen LogP contribution in [0.4, 0.5) is 0 Å². The Kier molecular flexibility index (Phi) is 5.22. The Morgan fingerprint density at radius 2 is 1.93 bits per heavy atom. The number of methoxy groups -OCH3 is 1. The van der Waals surface area contributed by atoms with Crippen molar-refractivity contribution >= 4 is 33.0 Å². The molecule has 4 aromatic rings. The summed E-state index contributed by atoms with van der Waals surface area (Å²) in [5, 5.41) is 9.77. The minimum absolute atomic E-state index is 0.343. The lowest BCUT2D eigenvalue weighted by molar-refractivity contribution is -0.145. The van der Waals surface area contributed by atoms with Crippen LogP contribution in [0, 0.1) is 0 Å². The summed E-state index contributed by atoms with van der Waals surface area (Å²) in [6, 6.07) is 19.4. The Morgan fingerprint density at radius 1 is 1.10 bits per heavy atom. The average molecular weight is 454 g/mol. The Bertz CT molecular complexity index is 1150. The standard InChI is InChI=1S/C22H16BrNO5/c1-27-15-6-4-5-13(11-15)20(22(25)26)28-18-10-9-14(23)12-16(18)21-24-17-7-2-3-8-19(17)29-21/h2-12,20H,1H3,(H,25,26). The average Bonchev–Trinajstić information content (AvgIpc) is 3.16. The van der Waals surface area contributed by atoms with E-state index in [1.54, 1.807) is 42.5 Å². The van der Waals surface area contributed by atoms with E-state index in [4.69, 9.17) is 13.9 Å². The molecule has 1 aromatic heterocycles. The lowest BCUT2D eigenvalue weighted by Gasteiger charge is -2.18. The van der Waals surface area contributed by atoms with Crippen molar-refractivity contribution < 1.29 is 23.8 Å². The van der Waals surface area contributed by atoms with Gasteiger partial charge in [-0.05, 0) is 42.5 Å². The van der Waals surface area contributed by atoms with Crippen LogP contribution < -0.4 is 9.47 Å². The number of ether oxygens (including phenoxy) is 2. The van der Waals surface area contributed by atoms with E-state index in [1.807, 2.05) is 24.3 Å². The van der Waals surface area contributed by atoms with Crippen LogP contribution in [0.1, 0.15) is 11.7 Å². The maximum Gasteiger partial charge on any atom is 0.349 e. The number of nitrogens with zero attached hydrogens (tertiary/aromatic N) is 1. The number of benzene rings is 3. The first kappa shape index (κ1) is 19.0. The van der Waals surface area contributed by atoms with Gasteiger partial charge in [0.05, 0.1) is 12.7 Å². The van der Waals surface area contributed by atoms with Crippen molar-refractivity contribution in [2.24, 2.45) is 0 Å². The molecule has 0 amide bonds. The van der Waals surface area contributed by atoms with Gasteiger partial charge in [-0.3, -0.25) is 0 Å². The third-order valence-corrected chi connectivity index (χ3v) is 4.82. The van der Waals surface area contributed by atoms with Gasteiger partial charge in [0.1, 0.15) is 17.0 Å². The minimum Gasteiger partial charge on any atom is -0.497 e. The van der Waals surface area contributed by atoms with E-state index in [2.05, 4.69) is 20.9 Å². The highest BCUT2D eigenvalue weighted by atomic mass is 79.9. The number of halogens is 1. The zero-order valence-corrected chi connectivity index (χ0v) is 16.9. The SMILES string of the molecule is COc1cccc(C(Oc2ccc(Br)cc2-c2nc3ccccc3o2)C(=O)O)c1. The molecule has 0 saturated heterocycles. The normalized spacial score (nSPS) is 11.9. The quantitative estimate of drug-likeness (QED) is 0.416. The number of aliphatic carboxylic acids is 1. The van der Waals surface area contributed by atoms with Gasteiger partial charge in [-0.1, -0.05) is 40.2 Å². The number of carboxylic acids is 1. The number of oxazole rings is 1. The van der Waals surface area contributed by atoms with Crippen LogP contribution in [0.15, 0.2) is 75.6 Å². The summed E-state index contributed by atoms with van der Waals surface area (Å²) in [6.07, 6.45) is -1.23. The maximum atomic E-state index is 11.9. The molecule has 29 heavy (non-hydrogen) atoms. The number of hydrogen-bond acceptors (Lipinski definition) is 5. The number of aromatic nitrogens is 1. The molecule has 1 N–H and O–H groups in total. The van der Waals surface area contributed by atoms with Gasteiger partial charge in [0.15, 0.2) is 5.58 Å². The fourth-order valence-corrected chi connectivity index (χ4v) is 3.31. The van der Waals surface area contributed by atoms with E-state index in [0.717, 1.165) is 4.47 Å². The Balaban J connectivity index is 1.76. The largest absolute Gasteiger partial charge is 0.497 e. The Labute approximate surface area is 174 Å². The zero-order valence-electron chi connectivity index (χ0n) is 15.3. The van der Waals surface area contributed by atoms with Crippen LogP contribution in [-0.2, 0) is 4.79 Å². The minimum atomic E-state index is -1.23. The Morgan fingerprint density at radius 3 is 2.69 bits per heavy atom. The topological polar surface area (TPSA) is 81.8 Å². The molecule has 0 fully saturated rings. The van der Waals surface area contributed by atoms with Crippen molar-refractivity contribution in [2.45, 2.75) is 6.10 Å². The first-order valence-corrected chi connectivity index (χ1v) is 9.53. The summed E-state index contributed by atoms with van der Waals surface area (Å²) < 4.78 is 17.8. The van der Waals surface area contributed by atoms with E-state index in [-0.39, 0.29) is 0 Å². The van der Waals surface area contributed by atoms with Crippen molar-refractivity contribution in [1.29, 1.82) is 0 Å². The van der Waals surface area contributed by atoms with E-state index >= 15 is 0 Å². The highest BCUT2D eigenvalue weighted by molar-refractivity contribution is 9.10. The predicted octanol–water partition coefficient (Wildman–Crippen LogP) is 5.47. The molecule has 4 rings (SSSR count). The first-order valence-electron chi connectivity index (χ1n) is 8.74. The molecule has 1 unspecified atom stereocenters. The third kappa shape index (κ3) is 3.95. The second-order valence-electron chi connectivity index (χ2n) is 6.24. The number of hydrogen-bond donors (Lipinski definition) is 1. The second-order valence-corrected chi connectivity index (χ2v) is 7.16. The number of fused-ring (bicyclic) bond motifs is 1. The fourth-order valence-electron chi connectivity index (χ4n) is 2.95. The molecule has 1 heterocycles. The fraction of sp³-hybridized carbons (Fsp3) is 0.0909. The molecule has 6 nitrogen and oxygen atoms in total. The molecule has 0 spiro atoms. The molecule has 0 saturated carbocycles. The van der Waals surface area contributed by atoms with Crippen LogP contribution >= 0.6 is 15.9 Å². The number of carbonyl (C=O) groups is 1. The molecule has 0 aliphatic rings. The molecular weight excluding hydrogens is 438 g/mol. The van der Waals surface area contributed by atoms with Crippen molar-refractivity contribution in [3.8, 4) is 23.0 Å². The van der Waals surface area contributed by atoms with Gasteiger partial charge >= 0.3 is 5.97 Å². The molecule has 1 atom stereocenters. The van der Waals surface area contributed by atoms with Crippen molar-refractivity contribution in [3.63, 3.8) is 0 Å². The molecule has 0 radical (unpaired) electrons. The Hall–Kier alpha value is -3.32. The summed E-state index contributed by atoms with van der Waals surface area (Å²) >= 11 is 3.44. The maximum absolute atomic E-state index is 11.9. The number of para-hydroxylation sites is 2. The highest BCUT2D eigenvalue weighted by Gasteiger charge is 2.25. The lowest BCUT2D eigenvalue weighted by Crippen LogP contribution is -2.18. The molecule has 7 heteroatoms. The van der Waals surface area contributed by atoms with Gasteiger partial charge in [-0.2, -0.15) is 0 Å². The van der Waals surface area contributed by atoms with Gasteiger partial charge in [0, 0.05) is 10.0 Å². The van der Waals surface area contributed by atoms with Crippen molar-refractivity contribution in [1.82, 2.24) is 4.98 Å². The van der Waals surface area contributed by atoms with E-state index < -0.39 is 12.1 Å². The van der Waals surface area contributed by atoms with E-state index in [1.165, 1.54) is 7.11 Å². The van der Waals surface area contributed by atoms with Crippen molar-refractivity contribution in [3.05, 3.63) is 76.8 Å². The van der Waals surface area contributed by atoms with E-state index in [9.17, 15) is 9.90 Å². The summed E-state index contributed by atoms with van der Waals surface area (Å²) in [6.45, 7) is 0. The molecule has 146 valence electrons. The highest BCUT2D eigenvalue weighted by Crippen LogP contribution is 2.36. The number of rotatable bonds is 6. The summed E-state index contributed by atoms with van der Waals surface area (Å²) in [4.78, 5) is 16.4. The van der Waals surface area contributed by atoms with Crippen LogP contribution in [-0.4, -0.2) is 23.2 Å². The summed E-state index contributed by atoms with van der Waals surface area (Å²) in [5.74, 6) is 0.115. The lowest BCUT2D eigenvalue weighted by atomic mass is 10.1. The van der Waals surface area contributed by atoms with Gasteiger partial charge in [-0.25, -0.2) is 9.78 Å². The van der Waals surface area contributed by atoms with Crippen molar-refractivity contribution in [2.75, 3.05) is 7.11 Å². The molecule has 0 aliphatic heterocycles. The second kappa shape index (κ2) is 7.97. The van der Waals surface area contributed by atoms with Crippen LogP contribution in [0.2, 0.25) is 0 Å². The smallest absolute Gasteiger partial charge is 0.349 e. The summed E-state index contributed by atoms with van der Waals surface area (Å²) in [5.41, 5.74) is 2.35.